The topological polar surface area (TPSA) is 67.2 Å². The molecule has 2 atom stereocenters. The lowest BCUT2D eigenvalue weighted by Gasteiger charge is -2.29. The second kappa shape index (κ2) is 6.75. The summed E-state index contributed by atoms with van der Waals surface area (Å²) in [5.41, 5.74) is 9.17. The number of benzene rings is 1. The highest BCUT2D eigenvalue weighted by Gasteiger charge is 2.19. The van der Waals surface area contributed by atoms with E-state index in [-0.39, 0.29) is 5.91 Å². The molecule has 0 bridgehead atoms. The Morgan fingerprint density at radius 2 is 2.20 bits per heavy atom. The Morgan fingerprint density at radius 1 is 1.40 bits per heavy atom. The smallest absolute Gasteiger partial charge is 0.224 e. The quantitative estimate of drug-likeness (QED) is 0.791. The van der Waals surface area contributed by atoms with Crippen molar-refractivity contribution < 1.29 is 4.79 Å². The van der Waals surface area contributed by atoms with E-state index in [2.05, 4.69) is 17.6 Å². The van der Waals surface area contributed by atoms with Crippen LogP contribution in [0.15, 0.2) is 18.2 Å². The van der Waals surface area contributed by atoms with Crippen molar-refractivity contribution in [1.29, 1.82) is 0 Å². The van der Waals surface area contributed by atoms with Crippen molar-refractivity contribution in [2.75, 3.05) is 10.6 Å². The minimum Gasteiger partial charge on any atom is -0.382 e. The lowest BCUT2D eigenvalue weighted by Crippen LogP contribution is -2.35. The second-order valence-corrected chi connectivity index (χ2v) is 5.70. The summed E-state index contributed by atoms with van der Waals surface area (Å²) in [6.45, 7) is 3.93. The Labute approximate surface area is 121 Å². The highest BCUT2D eigenvalue weighted by molar-refractivity contribution is 5.91. The zero-order valence-corrected chi connectivity index (χ0v) is 12.4. The van der Waals surface area contributed by atoms with Crippen LogP contribution in [-0.2, 0) is 4.79 Å². The van der Waals surface area contributed by atoms with Crippen LogP contribution in [0.25, 0.3) is 0 Å². The number of carbonyl (C=O) groups excluding carboxylic acids is 1. The van der Waals surface area contributed by atoms with Crippen molar-refractivity contribution in [2.45, 2.75) is 58.0 Å². The van der Waals surface area contributed by atoms with Gasteiger partial charge in [0.15, 0.2) is 0 Å². The Kier molecular flexibility index (Phi) is 5.01. The minimum atomic E-state index is 0.0412. The van der Waals surface area contributed by atoms with Gasteiger partial charge in [0.05, 0.1) is 0 Å². The van der Waals surface area contributed by atoms with Crippen LogP contribution in [0.3, 0.4) is 0 Å². The van der Waals surface area contributed by atoms with Crippen molar-refractivity contribution in [3.05, 3.63) is 23.8 Å². The van der Waals surface area contributed by atoms with E-state index in [1.54, 1.807) is 0 Å². The first-order chi connectivity index (χ1) is 9.58. The molecule has 2 unspecified atom stereocenters. The van der Waals surface area contributed by atoms with E-state index in [4.69, 9.17) is 5.73 Å². The molecule has 0 saturated heterocycles. The van der Waals surface area contributed by atoms with E-state index in [0.717, 1.165) is 24.2 Å². The van der Waals surface area contributed by atoms with Gasteiger partial charge >= 0.3 is 0 Å². The fourth-order valence-corrected chi connectivity index (χ4v) is 2.68. The largest absolute Gasteiger partial charge is 0.382 e. The van der Waals surface area contributed by atoms with Gasteiger partial charge in [0.25, 0.3) is 0 Å². The zero-order chi connectivity index (χ0) is 14.5. The van der Waals surface area contributed by atoms with Crippen molar-refractivity contribution in [2.24, 2.45) is 5.73 Å². The van der Waals surface area contributed by atoms with Crippen LogP contribution in [-0.4, -0.2) is 18.0 Å². The molecule has 0 heterocycles. The number of rotatable bonds is 4. The molecule has 1 aliphatic rings. The molecule has 0 aliphatic heterocycles. The maximum Gasteiger partial charge on any atom is 0.224 e. The third-order valence-electron chi connectivity index (χ3n) is 3.92. The number of amides is 1. The molecule has 20 heavy (non-hydrogen) atoms. The number of aryl methyl sites for hydroxylation is 1. The van der Waals surface area contributed by atoms with Crippen molar-refractivity contribution in [3.8, 4) is 0 Å². The first-order valence-electron chi connectivity index (χ1n) is 7.51. The molecule has 1 aromatic carbocycles. The molecule has 1 aliphatic carbocycles. The van der Waals surface area contributed by atoms with Crippen LogP contribution in [0.1, 0.15) is 44.6 Å². The molecule has 1 fully saturated rings. The van der Waals surface area contributed by atoms with Crippen LogP contribution in [0.5, 0.6) is 0 Å². The van der Waals surface area contributed by atoms with Gasteiger partial charge in [-0.3, -0.25) is 4.79 Å². The molecule has 2 rings (SSSR count). The van der Waals surface area contributed by atoms with Crippen LogP contribution in [0, 0.1) is 6.92 Å². The van der Waals surface area contributed by atoms with Gasteiger partial charge in [0, 0.05) is 29.9 Å². The van der Waals surface area contributed by atoms with Gasteiger partial charge in [-0.1, -0.05) is 13.0 Å². The Balaban J connectivity index is 2.06. The van der Waals surface area contributed by atoms with E-state index in [9.17, 15) is 4.79 Å². The summed E-state index contributed by atoms with van der Waals surface area (Å²) >= 11 is 0. The van der Waals surface area contributed by atoms with Gasteiger partial charge in [-0.25, -0.2) is 0 Å². The molecule has 0 radical (unpaired) electrons. The standard InChI is InChI=1S/C16H25N3O/c1-3-16(20)19-14-8-7-11(2)15(10-14)18-13-6-4-5-12(17)9-13/h7-8,10,12-13,18H,3-6,9,17H2,1-2H3,(H,19,20). The monoisotopic (exact) mass is 275 g/mol. The minimum absolute atomic E-state index is 0.0412. The number of anilines is 2. The molecule has 0 aromatic heterocycles. The molecule has 0 spiro atoms. The van der Waals surface area contributed by atoms with E-state index in [1.807, 2.05) is 25.1 Å². The van der Waals surface area contributed by atoms with E-state index >= 15 is 0 Å². The summed E-state index contributed by atoms with van der Waals surface area (Å²) in [6.07, 6.45) is 4.99. The summed E-state index contributed by atoms with van der Waals surface area (Å²) in [4.78, 5) is 11.5. The van der Waals surface area contributed by atoms with Gasteiger partial charge in [0.2, 0.25) is 5.91 Å². The molecule has 4 N–H and O–H groups in total. The predicted octanol–water partition coefficient (Wildman–Crippen LogP) is 3.03. The van der Waals surface area contributed by atoms with Gasteiger partial charge in [-0.2, -0.15) is 0 Å². The first kappa shape index (κ1) is 14.9. The van der Waals surface area contributed by atoms with Gasteiger partial charge in [0.1, 0.15) is 0 Å². The van der Waals surface area contributed by atoms with Crippen LogP contribution >= 0.6 is 0 Å². The molecule has 4 nitrogen and oxygen atoms in total. The summed E-state index contributed by atoms with van der Waals surface area (Å²) in [5, 5.41) is 6.48. The molecule has 110 valence electrons. The van der Waals surface area contributed by atoms with Crippen molar-refractivity contribution in [1.82, 2.24) is 0 Å². The maximum atomic E-state index is 11.5. The van der Waals surface area contributed by atoms with E-state index in [1.165, 1.54) is 18.4 Å². The Bertz CT molecular complexity index is 473. The number of nitrogens with one attached hydrogen (secondary N) is 2. The highest BCUT2D eigenvalue weighted by Crippen LogP contribution is 2.25. The first-order valence-corrected chi connectivity index (χ1v) is 7.51. The number of hydrogen-bond acceptors (Lipinski definition) is 3. The number of carbonyl (C=O) groups is 1. The van der Waals surface area contributed by atoms with Crippen LogP contribution in [0.2, 0.25) is 0 Å². The summed E-state index contributed by atoms with van der Waals surface area (Å²) in [7, 11) is 0. The molecule has 1 saturated carbocycles. The maximum absolute atomic E-state index is 11.5. The fourth-order valence-electron chi connectivity index (χ4n) is 2.68. The van der Waals surface area contributed by atoms with Crippen LogP contribution < -0.4 is 16.4 Å². The Morgan fingerprint density at radius 3 is 2.90 bits per heavy atom. The number of nitrogens with two attached hydrogens (primary N) is 1. The average Bonchev–Trinajstić information content (AvgIpc) is 2.42. The van der Waals surface area contributed by atoms with Crippen molar-refractivity contribution in [3.63, 3.8) is 0 Å². The van der Waals surface area contributed by atoms with E-state index < -0.39 is 0 Å². The molecular weight excluding hydrogens is 250 g/mol. The summed E-state index contributed by atoms with van der Waals surface area (Å²) in [5.74, 6) is 0.0412. The molecular formula is C16H25N3O. The lowest BCUT2D eigenvalue weighted by molar-refractivity contribution is -0.115. The van der Waals surface area contributed by atoms with E-state index in [0.29, 0.717) is 18.5 Å². The van der Waals surface area contributed by atoms with Gasteiger partial charge < -0.3 is 16.4 Å². The highest BCUT2D eigenvalue weighted by atomic mass is 16.1. The SMILES string of the molecule is CCC(=O)Nc1ccc(C)c(NC2CCCC(N)C2)c1. The third-order valence-corrected chi connectivity index (χ3v) is 3.92. The van der Waals surface area contributed by atoms with Gasteiger partial charge in [-0.15, -0.1) is 0 Å². The van der Waals surface area contributed by atoms with Gasteiger partial charge in [-0.05, 0) is 50.3 Å². The number of hydrogen-bond donors (Lipinski definition) is 3. The molecule has 1 aromatic rings. The van der Waals surface area contributed by atoms with Crippen molar-refractivity contribution >= 4 is 17.3 Å². The summed E-state index contributed by atoms with van der Waals surface area (Å²) in [6, 6.07) is 6.75. The zero-order valence-electron chi connectivity index (χ0n) is 12.4. The summed E-state index contributed by atoms with van der Waals surface area (Å²) < 4.78 is 0. The lowest BCUT2D eigenvalue weighted by atomic mass is 9.91. The predicted molar refractivity (Wildman–Crippen MR) is 84.0 cm³/mol. The molecule has 4 heteroatoms. The second-order valence-electron chi connectivity index (χ2n) is 5.70. The average molecular weight is 275 g/mol. The fraction of sp³-hybridized carbons (Fsp3) is 0.562. The third kappa shape index (κ3) is 3.97. The molecule has 1 amide bonds. The normalized spacial score (nSPS) is 22.4. The Hall–Kier alpha value is -1.55. The van der Waals surface area contributed by atoms with Crippen LogP contribution in [0.4, 0.5) is 11.4 Å².